The molecule has 4 aliphatic rings. The van der Waals surface area contributed by atoms with Crippen molar-refractivity contribution in [1.29, 1.82) is 0 Å². The van der Waals surface area contributed by atoms with Crippen LogP contribution in [0.5, 0.6) is 0 Å². The predicted octanol–water partition coefficient (Wildman–Crippen LogP) is -12.1. The molecule has 26 nitrogen and oxygen atoms in total. The van der Waals surface area contributed by atoms with E-state index < -0.39 is 180 Å². The zero-order valence-electron chi connectivity index (χ0n) is 29.2. The Morgan fingerprint density at radius 3 is 1.16 bits per heavy atom. The summed E-state index contributed by atoms with van der Waals surface area (Å²) in [6, 6.07) is 0. The highest BCUT2D eigenvalue weighted by Gasteiger charge is 2.55. The van der Waals surface area contributed by atoms with Crippen LogP contribution in [-0.4, -0.2) is 273 Å². The molecule has 0 bridgehead atoms. The van der Waals surface area contributed by atoms with E-state index in [1.54, 1.807) is 0 Å². The van der Waals surface area contributed by atoms with E-state index in [0.717, 1.165) is 0 Å². The first-order valence-electron chi connectivity index (χ1n) is 17.4. The summed E-state index contributed by atoms with van der Waals surface area (Å²) >= 11 is 0. The van der Waals surface area contributed by atoms with Crippen molar-refractivity contribution < 1.29 is 130 Å². The fraction of sp³-hybridized carbons (Fsp3) is 0.967. The van der Waals surface area contributed by atoms with Crippen molar-refractivity contribution in [2.75, 3.05) is 33.0 Å². The number of aliphatic hydroxyl groups excluding tert-OH is 17. The van der Waals surface area contributed by atoms with Crippen LogP contribution >= 0.6 is 0 Å². The lowest BCUT2D eigenvalue weighted by Crippen LogP contribution is -2.67. The van der Waals surface area contributed by atoms with Crippen LogP contribution < -0.4 is 0 Å². The second-order valence-electron chi connectivity index (χ2n) is 13.6. The molecule has 0 saturated carbocycles. The lowest BCUT2D eigenvalue weighted by molar-refractivity contribution is -0.390. The summed E-state index contributed by atoms with van der Waals surface area (Å²) in [5.41, 5.74) is 0. The number of ether oxygens (including phenoxy) is 8. The minimum Gasteiger partial charge on any atom is -0.394 e. The summed E-state index contributed by atoms with van der Waals surface area (Å²) in [6.07, 6.45) is -46.1. The van der Waals surface area contributed by atoms with Gasteiger partial charge in [-0.1, -0.05) is 0 Å². The minimum absolute atomic E-state index is 0.112. The molecule has 26 heteroatoms. The van der Waals surface area contributed by atoms with E-state index in [2.05, 4.69) is 0 Å². The summed E-state index contributed by atoms with van der Waals surface area (Å²) in [7, 11) is 0. The van der Waals surface area contributed by atoms with Crippen LogP contribution in [-0.2, 0) is 42.7 Å². The van der Waals surface area contributed by atoms with Gasteiger partial charge >= 0.3 is 0 Å². The van der Waals surface area contributed by atoms with Gasteiger partial charge < -0.3 is 130 Å². The topological polar surface area (TPSA) is 435 Å². The number of aldehydes is 1. The number of aliphatic hydroxyl groups is 17. The molecule has 4 rings (SSSR count). The molecule has 0 aromatic carbocycles. The molecule has 0 unspecified atom stereocenters. The number of rotatable bonds is 17. The van der Waals surface area contributed by atoms with E-state index >= 15 is 0 Å². The van der Waals surface area contributed by atoms with E-state index in [0.29, 0.717) is 0 Å². The Hall–Kier alpha value is -1.33. The molecule has 4 aliphatic heterocycles. The number of hydrogen-bond acceptors (Lipinski definition) is 26. The molecule has 328 valence electrons. The monoisotopic (exact) mass is 828 g/mol. The Kier molecular flexibility index (Phi) is 17.6. The summed E-state index contributed by atoms with van der Waals surface area (Å²) in [6.45, 7) is -4.84. The van der Waals surface area contributed by atoms with E-state index in [1.807, 2.05) is 0 Å². The van der Waals surface area contributed by atoms with Crippen molar-refractivity contribution in [2.45, 2.75) is 147 Å². The molecule has 4 saturated heterocycles. The molecule has 0 amide bonds. The quantitative estimate of drug-likeness (QED) is 0.0605. The number of carbonyl (C=O) groups excluding carboxylic acids is 1. The lowest BCUT2D eigenvalue weighted by atomic mass is 9.95. The molecule has 56 heavy (non-hydrogen) atoms. The van der Waals surface area contributed by atoms with Gasteiger partial charge in [0, 0.05) is 0 Å². The molecule has 0 aromatic heterocycles. The molecule has 17 N–H and O–H groups in total. The van der Waals surface area contributed by atoms with Gasteiger partial charge in [0.25, 0.3) is 0 Å². The van der Waals surface area contributed by atoms with Crippen LogP contribution in [0.3, 0.4) is 0 Å². The maximum absolute atomic E-state index is 11.1. The second kappa shape index (κ2) is 20.8. The van der Waals surface area contributed by atoms with E-state index in [4.69, 9.17) is 37.9 Å². The highest BCUT2D eigenvalue weighted by molar-refractivity contribution is 5.56. The molecule has 0 aromatic rings. The van der Waals surface area contributed by atoms with Gasteiger partial charge in [0.15, 0.2) is 31.4 Å². The zero-order valence-corrected chi connectivity index (χ0v) is 29.2. The molecule has 24 atom stereocenters. The summed E-state index contributed by atoms with van der Waals surface area (Å²) in [4.78, 5) is 11.0. The van der Waals surface area contributed by atoms with Crippen LogP contribution in [0, 0.1) is 0 Å². The number of hydrogen-bond donors (Lipinski definition) is 17. The second-order valence-corrected chi connectivity index (χ2v) is 13.6. The Labute approximate surface area is 316 Å². The fourth-order valence-electron chi connectivity index (χ4n) is 6.58. The summed E-state index contributed by atoms with van der Waals surface area (Å²) in [5, 5.41) is 175. The van der Waals surface area contributed by atoms with Crippen molar-refractivity contribution in [3.8, 4) is 0 Å². The van der Waals surface area contributed by atoms with Crippen molar-refractivity contribution in [3.63, 3.8) is 0 Å². The first-order valence-corrected chi connectivity index (χ1v) is 17.4. The van der Waals surface area contributed by atoms with Crippen molar-refractivity contribution in [2.24, 2.45) is 0 Å². The first kappa shape index (κ1) is 47.3. The van der Waals surface area contributed by atoms with Crippen LogP contribution in [0.25, 0.3) is 0 Å². The average molecular weight is 829 g/mol. The standard InChI is InChI=1S/C30H52O26/c31-1-7(37)13(39)23(8(38)2-32)53-28-20(46)16(42)25(10(4-34)50-28)55-30-22(48)18(44)26(12(6-36)52-30)56-29-21(47)17(43)24(11(5-35)51-29)54-27-19(45)15(41)14(40)9(3-33)49-27/h1,7-30,32-48H,2-6H2/t7-,8+,9+,10+,11+,12+,13+,14+,15-,16+,17+,18+,19+,20+,21+,22+,23+,24+,25+,26+,27-,28-,29-,30-/m0/s1. The maximum Gasteiger partial charge on any atom is 0.187 e. The molecule has 0 radical (unpaired) electrons. The summed E-state index contributed by atoms with van der Waals surface area (Å²) < 4.78 is 43.6. The van der Waals surface area contributed by atoms with Crippen molar-refractivity contribution in [3.05, 3.63) is 0 Å². The van der Waals surface area contributed by atoms with E-state index in [1.165, 1.54) is 0 Å². The zero-order chi connectivity index (χ0) is 41.8. The maximum atomic E-state index is 11.1. The normalized spacial score (nSPS) is 47.2. The number of carbonyl (C=O) groups is 1. The molecule has 4 fully saturated rings. The molecular weight excluding hydrogens is 776 g/mol. The van der Waals surface area contributed by atoms with Crippen LogP contribution in [0.15, 0.2) is 0 Å². The SMILES string of the molecule is O=C[C@H](O)[C@@H](O)[C@H](O[C@@H]1O[C@H](CO)[C@@H](O[C@@H]2O[C@H](CO)[C@@H](O[C@@H]3O[C@H](CO)[C@@H](O[C@@H]4O[C@H](CO)[C@@H](O)[C@H](O)[C@H]4O)[C@H](O)[C@H]3O)[C@H](O)[C@H]2O)[C@H](O)[C@H]1O)[C@H](O)CO. The fourth-order valence-corrected chi connectivity index (χ4v) is 6.58. The largest absolute Gasteiger partial charge is 0.394 e. The third-order valence-corrected chi connectivity index (χ3v) is 9.87. The van der Waals surface area contributed by atoms with E-state index in [-0.39, 0.29) is 6.29 Å². The molecule has 0 spiro atoms. The molecule has 0 aliphatic carbocycles. The van der Waals surface area contributed by atoms with Gasteiger partial charge in [-0.25, -0.2) is 0 Å². The predicted molar refractivity (Wildman–Crippen MR) is 168 cm³/mol. The smallest absolute Gasteiger partial charge is 0.187 e. The van der Waals surface area contributed by atoms with Gasteiger partial charge in [0.1, 0.15) is 122 Å². The third-order valence-electron chi connectivity index (χ3n) is 9.87. The van der Waals surface area contributed by atoms with Gasteiger partial charge in [-0.15, -0.1) is 0 Å². The van der Waals surface area contributed by atoms with Gasteiger partial charge in [-0.2, -0.15) is 0 Å². The van der Waals surface area contributed by atoms with E-state index in [9.17, 15) is 91.6 Å². The highest BCUT2D eigenvalue weighted by Crippen LogP contribution is 2.34. The van der Waals surface area contributed by atoms with Crippen LogP contribution in [0.1, 0.15) is 0 Å². The molecule has 4 heterocycles. The van der Waals surface area contributed by atoms with Gasteiger partial charge in [-0.05, 0) is 0 Å². The third kappa shape index (κ3) is 9.99. The Bertz CT molecular complexity index is 1180. The van der Waals surface area contributed by atoms with Crippen molar-refractivity contribution >= 4 is 6.29 Å². The minimum atomic E-state index is -2.17. The average Bonchev–Trinajstić information content (AvgIpc) is 3.20. The highest BCUT2D eigenvalue weighted by atomic mass is 16.8. The lowest BCUT2D eigenvalue weighted by Gasteiger charge is -2.49. The molecular formula is C30H52O26. The van der Waals surface area contributed by atoms with Crippen LogP contribution in [0.4, 0.5) is 0 Å². The van der Waals surface area contributed by atoms with Gasteiger partial charge in [0.2, 0.25) is 0 Å². The Morgan fingerprint density at radius 2 is 0.804 bits per heavy atom. The van der Waals surface area contributed by atoms with Gasteiger partial charge in [0.05, 0.1) is 33.0 Å². The van der Waals surface area contributed by atoms with Crippen molar-refractivity contribution in [1.82, 2.24) is 0 Å². The first-order chi connectivity index (χ1) is 26.5. The van der Waals surface area contributed by atoms with Gasteiger partial charge in [-0.3, -0.25) is 0 Å². The Morgan fingerprint density at radius 1 is 0.464 bits per heavy atom. The summed E-state index contributed by atoms with van der Waals surface area (Å²) in [5.74, 6) is 0. The Balaban J connectivity index is 1.43. The van der Waals surface area contributed by atoms with Crippen LogP contribution in [0.2, 0.25) is 0 Å².